The van der Waals surface area contributed by atoms with E-state index in [1.54, 1.807) is 0 Å². The first-order chi connectivity index (χ1) is 15.0. The molecule has 1 aromatic heterocycles. The van der Waals surface area contributed by atoms with Gasteiger partial charge in [0, 0.05) is 43.4 Å². The van der Waals surface area contributed by atoms with Crippen molar-refractivity contribution in [1.29, 1.82) is 0 Å². The zero-order chi connectivity index (χ0) is 22.0. The molecule has 1 fully saturated rings. The van der Waals surface area contributed by atoms with Crippen LogP contribution >= 0.6 is 0 Å². The van der Waals surface area contributed by atoms with Crippen LogP contribution in [0.15, 0.2) is 34.9 Å². The molecule has 0 saturated carbocycles. The Morgan fingerprint density at radius 3 is 2.84 bits per heavy atom. The van der Waals surface area contributed by atoms with Crippen LogP contribution in [0.4, 0.5) is 10.5 Å². The smallest absolute Gasteiger partial charge is 0.322 e. The molecular weight excluding hydrogens is 398 g/mol. The molecule has 1 saturated heterocycles. The molecule has 2 unspecified atom stereocenters. The third-order valence-corrected chi connectivity index (χ3v) is 5.88. The third-order valence-electron chi connectivity index (χ3n) is 5.88. The third kappa shape index (κ3) is 4.51. The second kappa shape index (κ2) is 8.97. The van der Waals surface area contributed by atoms with Crippen LogP contribution in [0.5, 0.6) is 5.88 Å². The van der Waals surface area contributed by atoms with Gasteiger partial charge < -0.3 is 19.9 Å². The van der Waals surface area contributed by atoms with Gasteiger partial charge in [0.15, 0.2) is 0 Å². The lowest BCUT2D eigenvalue weighted by Crippen LogP contribution is -2.49. The largest absolute Gasteiger partial charge is 0.479 e. The summed E-state index contributed by atoms with van der Waals surface area (Å²) in [7, 11) is 1.47. The summed E-state index contributed by atoms with van der Waals surface area (Å²) in [5.74, 6) is 0.0894. The number of hydrogen-bond donors (Lipinski definition) is 2. The summed E-state index contributed by atoms with van der Waals surface area (Å²) in [6.45, 7) is 5.79. The number of amides is 3. The molecule has 3 heterocycles. The highest BCUT2D eigenvalue weighted by Crippen LogP contribution is 2.34. The zero-order valence-electron chi connectivity index (χ0n) is 18.1. The van der Waals surface area contributed by atoms with Gasteiger partial charge in [-0.25, -0.2) is 4.79 Å². The SMILES string of the molecule is COc1cc(C(=O)NCC2CCC3CN(C(=O)NC(C)C)c4ccccc4CN23)on1. The first-order valence-electron chi connectivity index (χ1n) is 10.7. The fraction of sp³-hybridized carbons (Fsp3) is 0.500. The van der Waals surface area contributed by atoms with E-state index in [-0.39, 0.29) is 41.7 Å². The van der Waals surface area contributed by atoms with Gasteiger partial charge in [-0.3, -0.25) is 14.6 Å². The quantitative estimate of drug-likeness (QED) is 0.760. The monoisotopic (exact) mass is 427 g/mol. The van der Waals surface area contributed by atoms with Crippen molar-refractivity contribution in [3.05, 3.63) is 41.7 Å². The summed E-state index contributed by atoms with van der Waals surface area (Å²) in [5, 5.41) is 9.65. The molecule has 166 valence electrons. The van der Waals surface area contributed by atoms with Gasteiger partial charge in [-0.15, -0.1) is 0 Å². The number of fused-ring (bicyclic) bond motifs is 2. The molecule has 0 aliphatic carbocycles. The number of ether oxygens (including phenoxy) is 1. The van der Waals surface area contributed by atoms with E-state index in [1.807, 2.05) is 36.9 Å². The van der Waals surface area contributed by atoms with Gasteiger partial charge in [-0.1, -0.05) is 18.2 Å². The van der Waals surface area contributed by atoms with Crippen molar-refractivity contribution in [3.8, 4) is 5.88 Å². The average Bonchev–Trinajstić information content (AvgIpc) is 3.34. The first kappa shape index (κ1) is 21.2. The van der Waals surface area contributed by atoms with E-state index < -0.39 is 0 Å². The maximum absolute atomic E-state index is 12.9. The number of carbonyl (C=O) groups excluding carboxylic acids is 2. The number of nitrogens with zero attached hydrogens (tertiary/aromatic N) is 3. The maximum Gasteiger partial charge on any atom is 0.322 e. The van der Waals surface area contributed by atoms with Crippen molar-refractivity contribution in [2.45, 2.75) is 51.4 Å². The molecule has 3 amide bonds. The Hall–Kier alpha value is -3.07. The van der Waals surface area contributed by atoms with Crippen LogP contribution < -0.4 is 20.3 Å². The second-order valence-electron chi connectivity index (χ2n) is 8.34. The predicted molar refractivity (Wildman–Crippen MR) is 115 cm³/mol. The van der Waals surface area contributed by atoms with E-state index in [0.29, 0.717) is 13.1 Å². The van der Waals surface area contributed by atoms with Gasteiger partial charge in [0.1, 0.15) is 0 Å². The van der Waals surface area contributed by atoms with E-state index in [1.165, 1.54) is 13.2 Å². The Labute approximate surface area is 181 Å². The lowest BCUT2D eigenvalue weighted by molar-refractivity contribution is 0.0897. The Balaban J connectivity index is 1.47. The van der Waals surface area contributed by atoms with Crippen molar-refractivity contribution in [2.75, 3.05) is 25.1 Å². The molecule has 2 N–H and O–H groups in total. The van der Waals surface area contributed by atoms with Crippen molar-refractivity contribution in [1.82, 2.24) is 20.7 Å². The summed E-state index contributed by atoms with van der Waals surface area (Å²) in [6.07, 6.45) is 1.92. The Kier molecular flexibility index (Phi) is 6.13. The van der Waals surface area contributed by atoms with Crippen LogP contribution in [-0.4, -0.2) is 60.3 Å². The number of anilines is 1. The molecule has 4 rings (SSSR count). The zero-order valence-corrected chi connectivity index (χ0v) is 18.1. The normalized spacial score (nSPS) is 20.7. The summed E-state index contributed by atoms with van der Waals surface area (Å²) in [5.41, 5.74) is 2.06. The van der Waals surface area contributed by atoms with E-state index >= 15 is 0 Å². The van der Waals surface area contributed by atoms with Crippen LogP contribution in [0.2, 0.25) is 0 Å². The molecule has 0 bridgehead atoms. The first-order valence-corrected chi connectivity index (χ1v) is 10.7. The fourth-order valence-corrected chi connectivity index (χ4v) is 4.38. The van der Waals surface area contributed by atoms with E-state index in [2.05, 4.69) is 26.8 Å². The molecule has 2 aromatic rings. The van der Waals surface area contributed by atoms with Crippen LogP contribution in [-0.2, 0) is 6.54 Å². The van der Waals surface area contributed by atoms with Crippen molar-refractivity contribution < 1.29 is 18.8 Å². The minimum absolute atomic E-state index is 0.0691. The van der Waals surface area contributed by atoms with E-state index in [0.717, 1.165) is 30.6 Å². The topological polar surface area (TPSA) is 99.9 Å². The van der Waals surface area contributed by atoms with Gasteiger partial charge in [0.2, 0.25) is 5.76 Å². The number of rotatable bonds is 5. The molecule has 2 aliphatic rings. The van der Waals surface area contributed by atoms with E-state index in [9.17, 15) is 9.59 Å². The van der Waals surface area contributed by atoms with Gasteiger partial charge in [-0.05, 0) is 43.5 Å². The predicted octanol–water partition coefficient (Wildman–Crippen LogP) is 2.38. The Morgan fingerprint density at radius 2 is 2.10 bits per heavy atom. The number of benzene rings is 1. The highest BCUT2D eigenvalue weighted by atomic mass is 16.5. The molecule has 9 nitrogen and oxygen atoms in total. The number of nitrogens with one attached hydrogen (secondary N) is 2. The number of methoxy groups -OCH3 is 1. The van der Waals surface area contributed by atoms with Crippen LogP contribution in [0, 0.1) is 0 Å². The second-order valence-corrected chi connectivity index (χ2v) is 8.34. The minimum atomic E-state index is -0.313. The number of hydrogen-bond acceptors (Lipinski definition) is 6. The Morgan fingerprint density at radius 1 is 1.29 bits per heavy atom. The number of para-hydroxylation sites is 1. The molecule has 31 heavy (non-hydrogen) atoms. The molecule has 2 aliphatic heterocycles. The fourth-order valence-electron chi connectivity index (χ4n) is 4.38. The van der Waals surface area contributed by atoms with Crippen molar-refractivity contribution in [2.24, 2.45) is 0 Å². The average molecular weight is 428 g/mol. The highest BCUT2D eigenvalue weighted by molar-refractivity contribution is 5.93. The summed E-state index contributed by atoms with van der Waals surface area (Å²) < 4.78 is 9.99. The van der Waals surface area contributed by atoms with Crippen molar-refractivity contribution in [3.63, 3.8) is 0 Å². The summed E-state index contributed by atoms with van der Waals surface area (Å²) in [6, 6.07) is 9.93. The van der Waals surface area contributed by atoms with E-state index in [4.69, 9.17) is 9.26 Å². The molecule has 1 aromatic carbocycles. The molecule has 2 atom stereocenters. The van der Waals surface area contributed by atoms with Gasteiger partial charge >= 0.3 is 6.03 Å². The van der Waals surface area contributed by atoms with Gasteiger partial charge in [0.05, 0.1) is 13.2 Å². The lowest BCUT2D eigenvalue weighted by Gasteiger charge is -2.30. The van der Waals surface area contributed by atoms with Crippen LogP contribution in [0.1, 0.15) is 42.8 Å². The van der Waals surface area contributed by atoms with Crippen molar-refractivity contribution >= 4 is 17.6 Å². The van der Waals surface area contributed by atoms with Gasteiger partial charge in [-0.2, -0.15) is 0 Å². The standard InChI is InChI=1S/C22H29N5O4/c1-14(2)24-22(29)27-13-17-9-8-16(26(17)12-15-6-4-5-7-18(15)27)11-23-21(28)19-10-20(30-3)25-31-19/h4-7,10,14,16-17H,8-9,11-13H2,1-3H3,(H,23,28)(H,24,29). The minimum Gasteiger partial charge on any atom is -0.479 e. The number of carbonyl (C=O) groups is 2. The Bertz CT molecular complexity index is 943. The highest BCUT2D eigenvalue weighted by Gasteiger charge is 2.39. The number of urea groups is 1. The molecule has 0 spiro atoms. The molecular formula is C22H29N5O4. The summed E-state index contributed by atoms with van der Waals surface area (Å²) >= 11 is 0. The summed E-state index contributed by atoms with van der Waals surface area (Å²) in [4.78, 5) is 29.6. The van der Waals surface area contributed by atoms with Gasteiger partial charge in [0.25, 0.3) is 11.8 Å². The van der Waals surface area contributed by atoms with Crippen LogP contribution in [0.3, 0.4) is 0 Å². The lowest BCUT2D eigenvalue weighted by atomic mass is 10.1. The molecule has 0 radical (unpaired) electrons. The number of aromatic nitrogens is 1. The maximum atomic E-state index is 12.9. The molecule has 9 heteroatoms. The van der Waals surface area contributed by atoms with Crippen LogP contribution in [0.25, 0.3) is 0 Å².